The summed E-state index contributed by atoms with van der Waals surface area (Å²) in [5.41, 5.74) is 0. The van der Waals surface area contributed by atoms with Gasteiger partial charge in [0.05, 0.1) is 6.04 Å². The lowest BCUT2D eigenvalue weighted by Crippen LogP contribution is -2.33. The van der Waals surface area contributed by atoms with Crippen molar-refractivity contribution in [2.75, 3.05) is 0 Å². The SMILES string of the molecule is C/C=C(/Br)C1C=CC=CC1NC=O. The Hall–Kier alpha value is -0.830. The molecule has 0 saturated heterocycles. The molecule has 1 N–H and O–H groups in total. The van der Waals surface area contributed by atoms with E-state index in [1.807, 2.05) is 31.2 Å². The summed E-state index contributed by atoms with van der Waals surface area (Å²) in [4.78, 5) is 10.3. The molecule has 1 aliphatic carbocycles. The average molecular weight is 242 g/mol. The topological polar surface area (TPSA) is 29.1 Å². The van der Waals surface area contributed by atoms with Gasteiger partial charge >= 0.3 is 0 Å². The van der Waals surface area contributed by atoms with Gasteiger partial charge in [-0.1, -0.05) is 46.3 Å². The van der Waals surface area contributed by atoms with Crippen LogP contribution in [0.1, 0.15) is 6.92 Å². The van der Waals surface area contributed by atoms with Gasteiger partial charge in [0.2, 0.25) is 6.41 Å². The van der Waals surface area contributed by atoms with Gasteiger partial charge in [0, 0.05) is 10.4 Å². The zero-order chi connectivity index (χ0) is 9.68. The number of rotatable bonds is 3. The highest BCUT2D eigenvalue weighted by Gasteiger charge is 2.19. The number of hydrogen-bond donors (Lipinski definition) is 1. The highest BCUT2D eigenvalue weighted by Crippen LogP contribution is 2.25. The van der Waals surface area contributed by atoms with Crippen molar-refractivity contribution >= 4 is 22.3 Å². The standard InChI is InChI=1S/C10H12BrNO/c1-2-9(11)8-5-3-4-6-10(8)12-7-13/h2-8,10H,1H3,(H,12,13)/b9-2+. The van der Waals surface area contributed by atoms with Crippen LogP contribution in [0.5, 0.6) is 0 Å². The highest BCUT2D eigenvalue weighted by atomic mass is 79.9. The van der Waals surface area contributed by atoms with Crippen LogP contribution < -0.4 is 5.32 Å². The normalized spacial score (nSPS) is 27.4. The molecule has 13 heavy (non-hydrogen) atoms. The molecule has 2 atom stereocenters. The number of amides is 1. The molecule has 3 heteroatoms. The highest BCUT2D eigenvalue weighted by molar-refractivity contribution is 9.11. The Morgan fingerprint density at radius 1 is 1.46 bits per heavy atom. The minimum absolute atomic E-state index is 0.0630. The summed E-state index contributed by atoms with van der Waals surface area (Å²) in [5.74, 6) is 0.222. The van der Waals surface area contributed by atoms with Crippen LogP contribution in [0.25, 0.3) is 0 Å². The summed E-state index contributed by atoms with van der Waals surface area (Å²) in [6.45, 7) is 1.97. The lowest BCUT2D eigenvalue weighted by molar-refractivity contribution is -0.110. The fourth-order valence-corrected chi connectivity index (χ4v) is 1.74. The Labute approximate surface area is 86.5 Å². The molecular formula is C10H12BrNO. The van der Waals surface area contributed by atoms with Crippen molar-refractivity contribution in [1.82, 2.24) is 5.32 Å². The minimum atomic E-state index is 0.0630. The van der Waals surface area contributed by atoms with Gasteiger partial charge < -0.3 is 5.32 Å². The molecule has 0 aliphatic heterocycles. The van der Waals surface area contributed by atoms with Gasteiger partial charge in [0.1, 0.15) is 0 Å². The van der Waals surface area contributed by atoms with Crippen LogP contribution in [0.3, 0.4) is 0 Å². The molecule has 1 aliphatic rings. The Bertz CT molecular complexity index is 268. The van der Waals surface area contributed by atoms with Crippen LogP contribution in [0.15, 0.2) is 34.9 Å². The van der Waals surface area contributed by atoms with E-state index in [4.69, 9.17) is 0 Å². The fourth-order valence-electron chi connectivity index (χ4n) is 1.30. The first-order chi connectivity index (χ1) is 6.29. The maximum Gasteiger partial charge on any atom is 0.207 e. The van der Waals surface area contributed by atoms with Crippen molar-refractivity contribution in [3.05, 3.63) is 34.9 Å². The van der Waals surface area contributed by atoms with Crippen LogP contribution >= 0.6 is 15.9 Å². The predicted molar refractivity (Wildman–Crippen MR) is 57.4 cm³/mol. The smallest absolute Gasteiger partial charge is 0.207 e. The van der Waals surface area contributed by atoms with Crippen molar-refractivity contribution in [1.29, 1.82) is 0 Å². The van der Waals surface area contributed by atoms with E-state index < -0.39 is 0 Å². The van der Waals surface area contributed by atoms with Crippen LogP contribution in [-0.2, 0) is 4.79 Å². The second kappa shape index (κ2) is 5.02. The van der Waals surface area contributed by atoms with E-state index in [1.54, 1.807) is 0 Å². The molecule has 70 valence electrons. The molecular weight excluding hydrogens is 230 g/mol. The van der Waals surface area contributed by atoms with Gasteiger partial charge in [-0.15, -0.1) is 0 Å². The Morgan fingerprint density at radius 2 is 2.15 bits per heavy atom. The first-order valence-electron chi connectivity index (χ1n) is 4.16. The van der Waals surface area contributed by atoms with Crippen molar-refractivity contribution in [2.24, 2.45) is 5.92 Å². The number of nitrogens with one attached hydrogen (secondary N) is 1. The summed E-state index contributed by atoms with van der Waals surface area (Å²) in [6.07, 6.45) is 10.7. The molecule has 0 aromatic heterocycles. The van der Waals surface area contributed by atoms with Crippen LogP contribution in [-0.4, -0.2) is 12.5 Å². The molecule has 0 fully saturated rings. The molecule has 1 rings (SSSR count). The monoisotopic (exact) mass is 241 g/mol. The van der Waals surface area contributed by atoms with Crippen LogP contribution in [0, 0.1) is 5.92 Å². The molecule has 0 bridgehead atoms. The Morgan fingerprint density at radius 3 is 2.77 bits per heavy atom. The third kappa shape index (κ3) is 2.56. The van der Waals surface area contributed by atoms with Gasteiger partial charge in [-0.3, -0.25) is 4.79 Å². The van der Waals surface area contributed by atoms with E-state index in [2.05, 4.69) is 27.3 Å². The van der Waals surface area contributed by atoms with Gasteiger partial charge in [-0.25, -0.2) is 0 Å². The number of allylic oxidation sites excluding steroid dienone is 3. The van der Waals surface area contributed by atoms with Gasteiger partial charge in [-0.05, 0) is 6.92 Å². The Balaban J connectivity index is 2.75. The third-order valence-corrected chi connectivity index (χ3v) is 2.98. The third-order valence-electron chi connectivity index (χ3n) is 1.99. The van der Waals surface area contributed by atoms with Crippen molar-refractivity contribution in [3.8, 4) is 0 Å². The quantitative estimate of drug-likeness (QED) is 0.755. The van der Waals surface area contributed by atoms with E-state index in [-0.39, 0.29) is 12.0 Å². The van der Waals surface area contributed by atoms with E-state index in [9.17, 15) is 4.79 Å². The minimum Gasteiger partial charge on any atom is -0.352 e. The summed E-state index contributed by atoms with van der Waals surface area (Å²) >= 11 is 3.47. The number of halogens is 1. The second-order valence-corrected chi connectivity index (χ2v) is 3.70. The lowest BCUT2D eigenvalue weighted by atomic mass is 9.95. The fraction of sp³-hybridized carbons (Fsp3) is 0.300. The summed E-state index contributed by atoms with van der Waals surface area (Å²) in [5, 5.41) is 2.76. The number of carbonyl (C=O) groups excluding carboxylic acids is 1. The summed E-state index contributed by atoms with van der Waals surface area (Å²) in [6, 6.07) is 0.0630. The summed E-state index contributed by atoms with van der Waals surface area (Å²) in [7, 11) is 0. The number of carbonyl (C=O) groups is 1. The molecule has 0 saturated carbocycles. The van der Waals surface area contributed by atoms with Crippen molar-refractivity contribution < 1.29 is 4.79 Å². The maximum absolute atomic E-state index is 10.3. The van der Waals surface area contributed by atoms with E-state index >= 15 is 0 Å². The van der Waals surface area contributed by atoms with Crippen molar-refractivity contribution in [3.63, 3.8) is 0 Å². The second-order valence-electron chi connectivity index (χ2n) is 2.78. The molecule has 0 radical (unpaired) electrons. The molecule has 0 aromatic carbocycles. The Kier molecular flexibility index (Phi) is 3.96. The molecule has 0 spiro atoms. The molecule has 0 aromatic rings. The predicted octanol–water partition coefficient (Wildman–Crippen LogP) is 2.14. The molecule has 0 heterocycles. The zero-order valence-electron chi connectivity index (χ0n) is 7.41. The molecule has 2 unspecified atom stereocenters. The van der Waals surface area contributed by atoms with E-state index in [1.165, 1.54) is 0 Å². The maximum atomic E-state index is 10.3. The van der Waals surface area contributed by atoms with E-state index in [0.717, 1.165) is 10.9 Å². The average Bonchev–Trinajstić information content (AvgIpc) is 2.18. The van der Waals surface area contributed by atoms with Crippen molar-refractivity contribution in [2.45, 2.75) is 13.0 Å². The molecule has 2 nitrogen and oxygen atoms in total. The number of hydrogen-bond acceptors (Lipinski definition) is 1. The molecule has 1 amide bonds. The van der Waals surface area contributed by atoms with Crippen LogP contribution in [0.4, 0.5) is 0 Å². The first kappa shape index (κ1) is 10.3. The largest absolute Gasteiger partial charge is 0.352 e. The summed E-state index contributed by atoms with van der Waals surface area (Å²) < 4.78 is 1.09. The lowest BCUT2D eigenvalue weighted by Gasteiger charge is -2.23. The van der Waals surface area contributed by atoms with Gasteiger partial charge in [-0.2, -0.15) is 0 Å². The van der Waals surface area contributed by atoms with Gasteiger partial charge in [0.15, 0.2) is 0 Å². The first-order valence-corrected chi connectivity index (χ1v) is 4.95. The van der Waals surface area contributed by atoms with E-state index in [0.29, 0.717) is 0 Å². The van der Waals surface area contributed by atoms with Crippen LogP contribution in [0.2, 0.25) is 0 Å². The van der Waals surface area contributed by atoms with Gasteiger partial charge in [0.25, 0.3) is 0 Å². The zero-order valence-corrected chi connectivity index (χ0v) is 8.99.